The summed E-state index contributed by atoms with van der Waals surface area (Å²) >= 11 is 0. The van der Waals surface area contributed by atoms with Crippen molar-refractivity contribution in [3.63, 3.8) is 0 Å². The molecule has 2 aliphatic rings. The number of aryl methyl sites for hydroxylation is 2. The van der Waals surface area contributed by atoms with E-state index in [1.807, 2.05) is 0 Å². The standard InChI is InChI=1S/C28H46N4O4/c1-3-21(4-2)18-26(33)31-25(28(34)35)13-17-32(16-12-22-19-36-20-22)15-6-5-9-24-11-10-23-8-7-14-29-27(23)30-24/h10-11,21-22,25H,3-9,12-20H2,1-2H3,(H,29,30)(H,31,33)(H,34,35). The summed E-state index contributed by atoms with van der Waals surface area (Å²) in [5, 5.41) is 15.9. The lowest BCUT2D eigenvalue weighted by Crippen LogP contribution is -2.44. The predicted octanol–water partition coefficient (Wildman–Crippen LogP) is 3.89. The Kier molecular flexibility index (Phi) is 11.9. The lowest BCUT2D eigenvalue weighted by Gasteiger charge is -2.30. The third-order valence-electron chi connectivity index (χ3n) is 7.67. The topological polar surface area (TPSA) is 104 Å². The van der Waals surface area contributed by atoms with E-state index < -0.39 is 12.0 Å². The van der Waals surface area contributed by atoms with E-state index in [2.05, 4.69) is 41.5 Å². The summed E-state index contributed by atoms with van der Waals surface area (Å²) in [5.41, 5.74) is 2.45. The van der Waals surface area contributed by atoms with Crippen LogP contribution in [0.15, 0.2) is 12.1 Å². The van der Waals surface area contributed by atoms with Gasteiger partial charge >= 0.3 is 5.97 Å². The number of unbranched alkanes of at least 4 members (excludes halogenated alkanes) is 1. The zero-order valence-corrected chi connectivity index (χ0v) is 22.3. The van der Waals surface area contributed by atoms with Crippen LogP contribution >= 0.6 is 0 Å². The summed E-state index contributed by atoms with van der Waals surface area (Å²) < 4.78 is 5.32. The van der Waals surface area contributed by atoms with Crippen LogP contribution < -0.4 is 10.6 Å². The molecular weight excluding hydrogens is 456 g/mol. The summed E-state index contributed by atoms with van der Waals surface area (Å²) in [5.74, 6) is 0.860. The minimum absolute atomic E-state index is 0.152. The van der Waals surface area contributed by atoms with Crippen molar-refractivity contribution in [2.45, 2.75) is 84.1 Å². The average Bonchev–Trinajstić information content (AvgIpc) is 2.85. The molecule has 202 valence electrons. The quantitative estimate of drug-likeness (QED) is 0.278. The number of amides is 1. The van der Waals surface area contributed by atoms with Crippen LogP contribution in [0, 0.1) is 11.8 Å². The molecule has 1 unspecified atom stereocenters. The number of rotatable bonds is 17. The molecule has 3 heterocycles. The first kappa shape index (κ1) is 28.4. The van der Waals surface area contributed by atoms with Gasteiger partial charge < -0.3 is 25.4 Å². The van der Waals surface area contributed by atoms with Crippen LogP contribution in [0.25, 0.3) is 0 Å². The molecule has 1 fully saturated rings. The Labute approximate surface area is 216 Å². The molecule has 0 aliphatic carbocycles. The number of hydrogen-bond donors (Lipinski definition) is 3. The molecular formula is C28H46N4O4. The van der Waals surface area contributed by atoms with Gasteiger partial charge in [-0.15, -0.1) is 0 Å². The minimum Gasteiger partial charge on any atom is -0.480 e. The first-order chi connectivity index (χ1) is 17.5. The number of pyridine rings is 1. The fourth-order valence-corrected chi connectivity index (χ4v) is 4.96. The number of aromatic nitrogens is 1. The third kappa shape index (κ3) is 9.36. The average molecular weight is 503 g/mol. The number of carbonyl (C=O) groups is 2. The van der Waals surface area contributed by atoms with Crippen molar-refractivity contribution in [1.29, 1.82) is 0 Å². The van der Waals surface area contributed by atoms with Crippen molar-refractivity contribution in [3.8, 4) is 0 Å². The SMILES string of the molecule is CCC(CC)CC(=O)NC(CCN(CCCCc1ccc2c(n1)NCCC2)CCC1COC1)C(=O)O. The molecule has 8 nitrogen and oxygen atoms in total. The highest BCUT2D eigenvalue weighted by Gasteiger charge is 2.23. The van der Waals surface area contributed by atoms with Crippen molar-refractivity contribution in [2.24, 2.45) is 11.8 Å². The van der Waals surface area contributed by atoms with Crippen LogP contribution in [-0.4, -0.2) is 72.3 Å². The monoisotopic (exact) mass is 502 g/mol. The van der Waals surface area contributed by atoms with E-state index in [0.717, 1.165) is 89.3 Å². The van der Waals surface area contributed by atoms with Gasteiger partial charge in [-0.1, -0.05) is 32.8 Å². The highest BCUT2D eigenvalue weighted by Crippen LogP contribution is 2.21. The molecule has 0 spiro atoms. The van der Waals surface area contributed by atoms with Gasteiger partial charge in [-0.25, -0.2) is 9.78 Å². The molecule has 0 radical (unpaired) electrons. The summed E-state index contributed by atoms with van der Waals surface area (Å²) in [6.07, 6.45) is 9.04. The number of fused-ring (bicyclic) bond motifs is 1. The number of ether oxygens (including phenoxy) is 1. The Balaban J connectivity index is 1.46. The van der Waals surface area contributed by atoms with Gasteiger partial charge in [0.1, 0.15) is 11.9 Å². The summed E-state index contributed by atoms with van der Waals surface area (Å²) in [6.45, 7) is 9.32. The summed E-state index contributed by atoms with van der Waals surface area (Å²) in [4.78, 5) is 31.4. The first-order valence-corrected chi connectivity index (χ1v) is 14.0. The Hall–Kier alpha value is -2.19. The maximum Gasteiger partial charge on any atom is 0.326 e. The first-order valence-electron chi connectivity index (χ1n) is 14.0. The molecule has 0 saturated carbocycles. The number of hydrogen-bond acceptors (Lipinski definition) is 6. The van der Waals surface area contributed by atoms with Gasteiger partial charge in [0.25, 0.3) is 0 Å². The number of anilines is 1. The number of carboxylic acids is 1. The zero-order chi connectivity index (χ0) is 25.8. The van der Waals surface area contributed by atoms with E-state index in [1.165, 1.54) is 12.0 Å². The lowest BCUT2D eigenvalue weighted by atomic mass is 9.99. The fraction of sp³-hybridized carbons (Fsp3) is 0.750. The fourth-order valence-electron chi connectivity index (χ4n) is 4.96. The molecule has 1 aromatic rings. The number of carbonyl (C=O) groups excluding carboxylic acids is 1. The maximum atomic E-state index is 12.4. The number of nitrogens with one attached hydrogen (secondary N) is 2. The van der Waals surface area contributed by atoms with Crippen LogP contribution in [0.1, 0.15) is 76.5 Å². The molecule has 0 aromatic carbocycles. The van der Waals surface area contributed by atoms with Crippen LogP contribution in [0.3, 0.4) is 0 Å². The van der Waals surface area contributed by atoms with Crippen LogP contribution in [-0.2, 0) is 27.2 Å². The summed E-state index contributed by atoms with van der Waals surface area (Å²) in [6, 6.07) is 3.52. The van der Waals surface area contributed by atoms with Crippen molar-refractivity contribution in [1.82, 2.24) is 15.2 Å². The second-order valence-corrected chi connectivity index (χ2v) is 10.5. The van der Waals surface area contributed by atoms with E-state index >= 15 is 0 Å². The van der Waals surface area contributed by atoms with Gasteiger partial charge in [0.05, 0.1) is 13.2 Å². The van der Waals surface area contributed by atoms with Crippen molar-refractivity contribution in [3.05, 3.63) is 23.4 Å². The van der Waals surface area contributed by atoms with Gasteiger partial charge in [0.15, 0.2) is 0 Å². The molecule has 8 heteroatoms. The number of carboxylic acid groups (broad SMARTS) is 1. The van der Waals surface area contributed by atoms with Crippen molar-refractivity contribution < 1.29 is 19.4 Å². The van der Waals surface area contributed by atoms with E-state index in [9.17, 15) is 14.7 Å². The van der Waals surface area contributed by atoms with Gasteiger partial charge in [-0.05, 0) is 75.6 Å². The van der Waals surface area contributed by atoms with E-state index in [4.69, 9.17) is 9.72 Å². The number of aliphatic carboxylic acids is 1. The van der Waals surface area contributed by atoms with Crippen molar-refractivity contribution in [2.75, 3.05) is 44.7 Å². The Morgan fingerprint density at radius 3 is 2.69 bits per heavy atom. The molecule has 36 heavy (non-hydrogen) atoms. The Morgan fingerprint density at radius 1 is 1.19 bits per heavy atom. The van der Waals surface area contributed by atoms with E-state index in [0.29, 0.717) is 31.2 Å². The largest absolute Gasteiger partial charge is 0.480 e. The van der Waals surface area contributed by atoms with E-state index in [-0.39, 0.29) is 5.91 Å². The molecule has 1 aromatic heterocycles. The van der Waals surface area contributed by atoms with Gasteiger partial charge in [0.2, 0.25) is 5.91 Å². The van der Waals surface area contributed by atoms with Crippen LogP contribution in [0.4, 0.5) is 5.82 Å². The van der Waals surface area contributed by atoms with Crippen molar-refractivity contribution >= 4 is 17.7 Å². The molecule has 1 amide bonds. The second-order valence-electron chi connectivity index (χ2n) is 10.5. The second kappa shape index (κ2) is 15.2. The van der Waals surface area contributed by atoms with Crippen LogP contribution in [0.2, 0.25) is 0 Å². The molecule has 1 saturated heterocycles. The Bertz CT molecular complexity index is 826. The predicted molar refractivity (Wildman–Crippen MR) is 142 cm³/mol. The van der Waals surface area contributed by atoms with Gasteiger partial charge in [-0.2, -0.15) is 0 Å². The van der Waals surface area contributed by atoms with E-state index in [1.54, 1.807) is 0 Å². The van der Waals surface area contributed by atoms with Crippen LogP contribution in [0.5, 0.6) is 0 Å². The number of nitrogens with zero attached hydrogens (tertiary/aromatic N) is 2. The highest BCUT2D eigenvalue weighted by atomic mass is 16.5. The molecule has 3 N–H and O–H groups in total. The lowest BCUT2D eigenvalue weighted by molar-refractivity contribution is -0.142. The molecule has 0 bridgehead atoms. The third-order valence-corrected chi connectivity index (χ3v) is 7.67. The zero-order valence-electron chi connectivity index (χ0n) is 22.3. The molecule has 1 atom stereocenters. The highest BCUT2D eigenvalue weighted by molar-refractivity contribution is 5.83. The summed E-state index contributed by atoms with van der Waals surface area (Å²) in [7, 11) is 0. The normalized spacial score (nSPS) is 16.3. The molecule has 3 rings (SSSR count). The van der Waals surface area contributed by atoms with Gasteiger partial charge in [0, 0.05) is 31.1 Å². The van der Waals surface area contributed by atoms with Gasteiger partial charge in [-0.3, -0.25) is 4.79 Å². The minimum atomic E-state index is -0.952. The smallest absolute Gasteiger partial charge is 0.326 e. The molecule has 2 aliphatic heterocycles. The maximum absolute atomic E-state index is 12.4. The Morgan fingerprint density at radius 2 is 2.00 bits per heavy atom.